The van der Waals surface area contributed by atoms with E-state index in [4.69, 9.17) is 4.74 Å². The maximum atomic E-state index is 13.6. The van der Waals surface area contributed by atoms with Crippen molar-refractivity contribution in [3.8, 4) is 29.4 Å². The predicted octanol–water partition coefficient (Wildman–Crippen LogP) is 7.22. The third-order valence-corrected chi connectivity index (χ3v) is 4.43. The summed E-state index contributed by atoms with van der Waals surface area (Å²) in [5, 5.41) is -0.821. The van der Waals surface area contributed by atoms with Crippen LogP contribution in [0, 0.1) is 23.7 Å². The van der Waals surface area contributed by atoms with Gasteiger partial charge in [-0.25, -0.2) is 0 Å². The van der Waals surface area contributed by atoms with Crippen molar-refractivity contribution in [2.75, 3.05) is 7.11 Å². The van der Waals surface area contributed by atoms with Gasteiger partial charge in [0.15, 0.2) is 0 Å². The fraction of sp³-hybridized carbons (Fsp3) is 0.333. The minimum atomic E-state index is -6.68. The van der Waals surface area contributed by atoms with Crippen molar-refractivity contribution in [1.82, 2.24) is 0 Å². The molecule has 196 valence electrons. The molecule has 0 saturated heterocycles. The standard InChI is InChI=1S/C21H8F14O/c1-36-15-10-11(6-8-16(22,23)18(26,27)20(30,31)32)12-4-2-3-5-13(12)14(15)7-9-17(24,25)19(28,29)21(33,34)35/h2-5,10H,1H3. The lowest BCUT2D eigenvalue weighted by Gasteiger charge is -2.24. The quantitative estimate of drug-likeness (QED) is 0.294. The maximum absolute atomic E-state index is 13.6. The highest BCUT2D eigenvalue weighted by molar-refractivity contribution is 5.95. The number of ether oxygens (including phenoxy) is 1. The average Bonchev–Trinajstić information content (AvgIpc) is 2.74. The molecule has 2 aromatic rings. The molecule has 0 radical (unpaired) electrons. The van der Waals surface area contributed by atoms with Crippen molar-refractivity contribution in [2.24, 2.45) is 0 Å². The summed E-state index contributed by atoms with van der Waals surface area (Å²) in [5.74, 6) is -22.0. The van der Waals surface area contributed by atoms with Crippen LogP contribution in [0.25, 0.3) is 10.8 Å². The van der Waals surface area contributed by atoms with Crippen molar-refractivity contribution in [3.63, 3.8) is 0 Å². The molecule has 0 fully saturated rings. The Bertz CT molecular complexity index is 1260. The molecule has 0 aromatic heterocycles. The van der Waals surface area contributed by atoms with Crippen molar-refractivity contribution < 1.29 is 66.2 Å². The Labute approximate surface area is 192 Å². The van der Waals surface area contributed by atoms with Crippen LogP contribution in [0.3, 0.4) is 0 Å². The zero-order valence-corrected chi connectivity index (χ0v) is 17.1. The van der Waals surface area contributed by atoms with Crippen LogP contribution in [-0.2, 0) is 0 Å². The zero-order valence-electron chi connectivity index (χ0n) is 17.1. The van der Waals surface area contributed by atoms with Crippen LogP contribution < -0.4 is 4.74 Å². The van der Waals surface area contributed by atoms with Gasteiger partial charge in [-0.1, -0.05) is 36.1 Å². The summed E-state index contributed by atoms with van der Waals surface area (Å²) in [5.41, 5.74) is -1.47. The fourth-order valence-corrected chi connectivity index (χ4v) is 2.54. The number of rotatable bonds is 3. The van der Waals surface area contributed by atoms with Gasteiger partial charge in [0.1, 0.15) is 5.75 Å². The minimum Gasteiger partial charge on any atom is -0.495 e. The van der Waals surface area contributed by atoms with Crippen molar-refractivity contribution >= 4 is 10.8 Å². The zero-order chi connectivity index (χ0) is 28.0. The Balaban J connectivity index is 2.75. The van der Waals surface area contributed by atoms with E-state index in [2.05, 4.69) is 0 Å². The SMILES string of the molecule is COc1cc(C#CC(F)(F)C(F)(F)C(F)(F)F)c2ccccc2c1C#CC(F)(F)C(F)(F)C(F)(F)F. The molecule has 0 unspecified atom stereocenters. The molecule has 15 heteroatoms. The average molecular weight is 542 g/mol. The molecule has 1 nitrogen and oxygen atoms in total. The van der Waals surface area contributed by atoms with Crippen LogP contribution in [0.2, 0.25) is 0 Å². The Morgan fingerprint density at radius 1 is 0.611 bits per heavy atom. The second-order valence-electron chi connectivity index (χ2n) is 6.84. The molecule has 0 heterocycles. The summed E-state index contributed by atoms with van der Waals surface area (Å²) in [7, 11) is 0.793. The second kappa shape index (κ2) is 8.94. The van der Waals surface area contributed by atoms with E-state index in [-0.39, 0.29) is 0 Å². The van der Waals surface area contributed by atoms with Crippen LogP contribution in [-0.4, -0.2) is 43.2 Å². The molecular formula is C21H8F14O. The highest BCUT2D eigenvalue weighted by Crippen LogP contribution is 2.47. The largest absolute Gasteiger partial charge is 0.495 e. The van der Waals surface area contributed by atoms with Gasteiger partial charge in [-0.15, -0.1) is 0 Å². The summed E-state index contributed by atoms with van der Waals surface area (Å²) in [6.45, 7) is 0. The number of hydrogen-bond acceptors (Lipinski definition) is 1. The summed E-state index contributed by atoms with van der Waals surface area (Å²) >= 11 is 0. The normalized spacial score (nSPS) is 13.5. The molecule has 0 amide bonds. The molecule has 0 atom stereocenters. The lowest BCUT2D eigenvalue weighted by molar-refractivity contribution is -0.339. The maximum Gasteiger partial charge on any atom is 0.461 e. The molecule has 0 bridgehead atoms. The van der Waals surface area contributed by atoms with Crippen LogP contribution in [0.1, 0.15) is 11.1 Å². The molecule has 0 N–H and O–H groups in total. The molecule has 2 rings (SSSR count). The summed E-state index contributed by atoms with van der Waals surface area (Å²) in [6, 6.07) is 4.79. The van der Waals surface area contributed by atoms with Gasteiger partial charge in [-0.3, -0.25) is 0 Å². The van der Waals surface area contributed by atoms with Crippen molar-refractivity contribution in [3.05, 3.63) is 41.5 Å². The first-order chi connectivity index (χ1) is 16.1. The minimum absolute atomic E-state index is 0.396. The van der Waals surface area contributed by atoms with Gasteiger partial charge in [0.2, 0.25) is 0 Å². The lowest BCUT2D eigenvalue weighted by Crippen LogP contribution is -2.51. The number of methoxy groups -OCH3 is 1. The van der Waals surface area contributed by atoms with Crippen LogP contribution in [0.5, 0.6) is 5.75 Å². The molecule has 2 aromatic carbocycles. The molecule has 0 saturated carbocycles. The second-order valence-corrected chi connectivity index (χ2v) is 6.84. The highest BCUT2D eigenvalue weighted by Gasteiger charge is 2.73. The first-order valence-electron chi connectivity index (χ1n) is 8.91. The smallest absolute Gasteiger partial charge is 0.461 e. The van der Waals surface area contributed by atoms with Crippen LogP contribution >= 0.6 is 0 Å². The Morgan fingerprint density at radius 2 is 1.03 bits per heavy atom. The molecule has 0 spiro atoms. The molecular weight excluding hydrogens is 534 g/mol. The summed E-state index contributed by atoms with van der Waals surface area (Å²) < 4.78 is 185. The van der Waals surface area contributed by atoms with Crippen molar-refractivity contribution in [1.29, 1.82) is 0 Å². The molecule has 0 aliphatic rings. The number of fused-ring (bicyclic) bond motifs is 1. The van der Waals surface area contributed by atoms with Gasteiger partial charge in [0.25, 0.3) is 0 Å². The Morgan fingerprint density at radius 3 is 1.44 bits per heavy atom. The van der Waals surface area contributed by atoms with Crippen LogP contribution in [0.4, 0.5) is 61.5 Å². The van der Waals surface area contributed by atoms with Gasteiger partial charge in [0.05, 0.1) is 12.7 Å². The van der Waals surface area contributed by atoms with Gasteiger partial charge < -0.3 is 4.74 Å². The van der Waals surface area contributed by atoms with Gasteiger partial charge in [-0.05, 0) is 23.3 Å². The van der Waals surface area contributed by atoms with Crippen molar-refractivity contribution in [2.45, 2.75) is 36.0 Å². The third-order valence-electron chi connectivity index (χ3n) is 4.43. The molecule has 36 heavy (non-hydrogen) atoms. The van der Waals surface area contributed by atoms with E-state index in [9.17, 15) is 61.5 Å². The molecule has 0 aliphatic carbocycles. The van der Waals surface area contributed by atoms with E-state index in [1.54, 1.807) is 0 Å². The van der Waals surface area contributed by atoms with E-state index in [1.165, 1.54) is 11.8 Å². The number of halogens is 14. The van der Waals surface area contributed by atoms with Gasteiger partial charge >= 0.3 is 36.0 Å². The predicted molar refractivity (Wildman–Crippen MR) is 96.2 cm³/mol. The van der Waals surface area contributed by atoms with E-state index < -0.39 is 63.7 Å². The van der Waals surface area contributed by atoms with E-state index in [0.717, 1.165) is 31.4 Å². The van der Waals surface area contributed by atoms with E-state index >= 15 is 0 Å². The summed E-state index contributed by atoms with van der Waals surface area (Å²) in [6.07, 6.45) is -13.4. The van der Waals surface area contributed by atoms with Gasteiger partial charge in [-0.2, -0.15) is 61.5 Å². The fourth-order valence-electron chi connectivity index (χ4n) is 2.54. The number of benzene rings is 2. The highest BCUT2D eigenvalue weighted by atomic mass is 19.4. The molecule has 0 aliphatic heterocycles. The topological polar surface area (TPSA) is 9.23 Å². The van der Waals surface area contributed by atoms with E-state index in [0.29, 0.717) is 17.9 Å². The number of alkyl halides is 14. The first kappa shape index (κ1) is 28.9. The Kier molecular flexibility index (Phi) is 7.17. The van der Waals surface area contributed by atoms with E-state index in [1.807, 2.05) is 0 Å². The number of hydrogen-bond donors (Lipinski definition) is 0. The summed E-state index contributed by atoms with van der Waals surface area (Å²) in [4.78, 5) is 0. The first-order valence-corrected chi connectivity index (χ1v) is 8.91. The third kappa shape index (κ3) is 4.96. The van der Waals surface area contributed by atoms with Crippen LogP contribution in [0.15, 0.2) is 30.3 Å². The van der Waals surface area contributed by atoms with Gasteiger partial charge in [0, 0.05) is 10.9 Å². The lowest BCUT2D eigenvalue weighted by atomic mass is 9.98. The Hall–Kier alpha value is -3.36. The monoisotopic (exact) mass is 542 g/mol.